The molecule has 0 N–H and O–H groups in total. The number of hydrogen-bond donors (Lipinski definition) is 0. The molecule has 0 aromatic heterocycles. The fraction of sp³-hybridized carbons (Fsp3) is 0.0769. The molecule has 3 heteroatoms. The summed E-state index contributed by atoms with van der Waals surface area (Å²) in [5, 5.41) is 0.548. The monoisotopic (exact) mass is 314 g/mol. The first-order chi connectivity index (χ1) is 7.66. The summed E-state index contributed by atoms with van der Waals surface area (Å²) in [6, 6.07) is 15.6. The smallest absolute Gasteiger partial charge is 0.0835 e. The van der Waals surface area contributed by atoms with E-state index >= 15 is 0 Å². The summed E-state index contributed by atoms with van der Waals surface area (Å²) >= 11 is 15.7. The molecule has 0 radical (unpaired) electrons. The van der Waals surface area contributed by atoms with Gasteiger partial charge in [-0.2, -0.15) is 0 Å². The lowest BCUT2D eigenvalue weighted by Crippen LogP contribution is -1.92. The van der Waals surface area contributed by atoms with E-state index in [4.69, 9.17) is 23.2 Å². The van der Waals surface area contributed by atoms with E-state index in [0.717, 1.165) is 15.6 Å². The molecule has 1 atom stereocenters. The fourth-order valence-electron chi connectivity index (χ4n) is 1.49. The second kappa shape index (κ2) is 5.22. The van der Waals surface area contributed by atoms with Crippen LogP contribution in [0, 0.1) is 0 Å². The van der Waals surface area contributed by atoms with Gasteiger partial charge in [-0.3, -0.25) is 0 Å². The normalized spacial score (nSPS) is 12.4. The second-order valence-electron chi connectivity index (χ2n) is 3.47. The summed E-state index contributed by atoms with van der Waals surface area (Å²) in [6.45, 7) is 0. The van der Waals surface area contributed by atoms with Crippen LogP contribution < -0.4 is 0 Å². The molecule has 0 saturated heterocycles. The third-order valence-corrected chi connectivity index (χ3v) is 3.57. The molecule has 0 bridgehead atoms. The van der Waals surface area contributed by atoms with Crippen LogP contribution in [0.2, 0.25) is 5.02 Å². The Morgan fingerprint density at radius 2 is 1.62 bits per heavy atom. The van der Waals surface area contributed by atoms with Crippen molar-refractivity contribution in [1.82, 2.24) is 0 Å². The molecule has 0 aliphatic rings. The Morgan fingerprint density at radius 1 is 0.938 bits per heavy atom. The molecule has 2 aromatic carbocycles. The van der Waals surface area contributed by atoms with Crippen molar-refractivity contribution in [2.45, 2.75) is 5.38 Å². The van der Waals surface area contributed by atoms with Crippen molar-refractivity contribution < 1.29 is 0 Å². The third kappa shape index (κ3) is 2.79. The maximum atomic E-state index is 6.38. The number of halogens is 3. The molecule has 1 unspecified atom stereocenters. The number of hydrogen-bond acceptors (Lipinski definition) is 0. The second-order valence-corrected chi connectivity index (χ2v) is 5.26. The molecule has 2 aromatic rings. The van der Waals surface area contributed by atoms with Crippen molar-refractivity contribution in [3.8, 4) is 0 Å². The van der Waals surface area contributed by atoms with Crippen LogP contribution in [0.4, 0.5) is 0 Å². The highest BCUT2D eigenvalue weighted by Gasteiger charge is 2.10. The van der Waals surface area contributed by atoms with E-state index in [1.807, 2.05) is 48.5 Å². The van der Waals surface area contributed by atoms with Crippen LogP contribution in [0.25, 0.3) is 0 Å². The Morgan fingerprint density at radius 3 is 2.25 bits per heavy atom. The largest absolute Gasteiger partial charge is 0.113 e. The lowest BCUT2D eigenvalue weighted by Gasteiger charge is -2.10. The first kappa shape index (κ1) is 12.0. The predicted octanol–water partition coefficient (Wildman–Crippen LogP) is 5.43. The maximum Gasteiger partial charge on any atom is 0.0835 e. The zero-order valence-electron chi connectivity index (χ0n) is 8.33. The Balaban J connectivity index is 2.31. The van der Waals surface area contributed by atoms with Crippen molar-refractivity contribution in [2.75, 3.05) is 0 Å². The van der Waals surface area contributed by atoms with Crippen molar-refractivity contribution in [2.24, 2.45) is 0 Å². The van der Waals surface area contributed by atoms with Crippen LogP contribution in [-0.2, 0) is 0 Å². The molecular weight excluding hydrogens is 307 g/mol. The van der Waals surface area contributed by atoms with E-state index in [1.54, 1.807) is 0 Å². The van der Waals surface area contributed by atoms with E-state index in [2.05, 4.69) is 15.9 Å². The Bertz CT molecular complexity index is 480. The van der Waals surface area contributed by atoms with Crippen LogP contribution in [0.3, 0.4) is 0 Å². The average Bonchev–Trinajstić information content (AvgIpc) is 2.29. The summed E-state index contributed by atoms with van der Waals surface area (Å²) in [6.07, 6.45) is 0. The van der Waals surface area contributed by atoms with Crippen molar-refractivity contribution in [1.29, 1.82) is 0 Å². The van der Waals surface area contributed by atoms with Gasteiger partial charge < -0.3 is 0 Å². The van der Waals surface area contributed by atoms with E-state index in [-0.39, 0.29) is 5.38 Å². The molecule has 82 valence electrons. The Labute approximate surface area is 113 Å². The highest BCUT2D eigenvalue weighted by Crippen LogP contribution is 2.30. The number of benzene rings is 2. The average molecular weight is 316 g/mol. The number of rotatable bonds is 2. The molecule has 0 spiro atoms. The van der Waals surface area contributed by atoms with Crippen LogP contribution in [0.1, 0.15) is 16.5 Å². The summed E-state index contributed by atoms with van der Waals surface area (Å²) in [5.41, 5.74) is 2.07. The van der Waals surface area contributed by atoms with Gasteiger partial charge in [-0.1, -0.05) is 51.8 Å². The number of alkyl halides is 1. The molecule has 0 aliphatic heterocycles. The van der Waals surface area contributed by atoms with Gasteiger partial charge in [0.25, 0.3) is 0 Å². The van der Waals surface area contributed by atoms with Gasteiger partial charge in [0.15, 0.2) is 0 Å². The molecule has 0 amide bonds. The van der Waals surface area contributed by atoms with E-state index in [9.17, 15) is 0 Å². The minimum atomic E-state index is -0.160. The zero-order chi connectivity index (χ0) is 11.5. The standard InChI is InChI=1S/C13H9BrCl2/c14-11-6-4-9(5-7-11)13(16)10-2-1-3-12(15)8-10/h1-8,13H. The van der Waals surface area contributed by atoms with Gasteiger partial charge in [0, 0.05) is 9.50 Å². The van der Waals surface area contributed by atoms with E-state index in [0.29, 0.717) is 5.02 Å². The molecule has 0 fully saturated rings. The summed E-state index contributed by atoms with van der Waals surface area (Å²) in [7, 11) is 0. The summed E-state index contributed by atoms with van der Waals surface area (Å²) in [4.78, 5) is 0. The van der Waals surface area contributed by atoms with Crippen molar-refractivity contribution in [3.63, 3.8) is 0 Å². The van der Waals surface area contributed by atoms with Gasteiger partial charge in [-0.25, -0.2) is 0 Å². The lowest BCUT2D eigenvalue weighted by atomic mass is 10.0. The molecule has 16 heavy (non-hydrogen) atoms. The maximum absolute atomic E-state index is 6.38. The highest BCUT2D eigenvalue weighted by atomic mass is 79.9. The molecule has 0 nitrogen and oxygen atoms in total. The first-order valence-electron chi connectivity index (χ1n) is 4.82. The summed E-state index contributed by atoms with van der Waals surface area (Å²) in [5.74, 6) is 0. The minimum Gasteiger partial charge on any atom is -0.113 e. The van der Waals surface area contributed by atoms with Gasteiger partial charge in [0.2, 0.25) is 0 Å². The topological polar surface area (TPSA) is 0 Å². The quantitative estimate of drug-likeness (QED) is 0.648. The zero-order valence-corrected chi connectivity index (χ0v) is 11.4. The van der Waals surface area contributed by atoms with Crippen molar-refractivity contribution in [3.05, 3.63) is 69.2 Å². The lowest BCUT2D eigenvalue weighted by molar-refractivity contribution is 1.14. The minimum absolute atomic E-state index is 0.160. The van der Waals surface area contributed by atoms with Crippen molar-refractivity contribution >= 4 is 39.1 Å². The van der Waals surface area contributed by atoms with Gasteiger partial charge in [0.1, 0.15) is 0 Å². The molecule has 2 rings (SSSR count). The molecular formula is C13H9BrCl2. The molecule has 0 saturated carbocycles. The van der Waals surface area contributed by atoms with Gasteiger partial charge >= 0.3 is 0 Å². The SMILES string of the molecule is Clc1cccc(C(Cl)c2ccc(Br)cc2)c1. The van der Waals surface area contributed by atoms with Gasteiger partial charge in [0.05, 0.1) is 5.38 Å². The Kier molecular flexibility index (Phi) is 3.91. The van der Waals surface area contributed by atoms with Crippen LogP contribution in [-0.4, -0.2) is 0 Å². The molecule has 0 heterocycles. The van der Waals surface area contributed by atoms with Gasteiger partial charge in [-0.15, -0.1) is 11.6 Å². The van der Waals surface area contributed by atoms with Crippen LogP contribution in [0.15, 0.2) is 53.0 Å². The highest BCUT2D eigenvalue weighted by molar-refractivity contribution is 9.10. The predicted molar refractivity (Wildman–Crippen MR) is 73.3 cm³/mol. The van der Waals surface area contributed by atoms with Gasteiger partial charge in [-0.05, 0) is 35.4 Å². The Hall–Kier alpha value is -0.500. The van der Waals surface area contributed by atoms with E-state index < -0.39 is 0 Å². The third-order valence-electron chi connectivity index (χ3n) is 2.30. The summed E-state index contributed by atoms with van der Waals surface area (Å²) < 4.78 is 1.05. The van der Waals surface area contributed by atoms with Crippen LogP contribution >= 0.6 is 39.1 Å². The fourth-order valence-corrected chi connectivity index (χ4v) is 2.23. The van der Waals surface area contributed by atoms with Crippen LogP contribution in [0.5, 0.6) is 0 Å². The molecule has 0 aliphatic carbocycles. The first-order valence-corrected chi connectivity index (χ1v) is 6.42. The van der Waals surface area contributed by atoms with E-state index in [1.165, 1.54) is 0 Å².